The van der Waals surface area contributed by atoms with Crippen molar-refractivity contribution in [2.45, 2.75) is 27.7 Å². The smallest absolute Gasteiger partial charge is 0.155 e. The molecule has 0 aromatic carbocycles. The minimum Gasteiger partial charge on any atom is -0.295 e. The number of carbonyl (C=O) groups is 2. The van der Waals surface area contributed by atoms with Crippen LogP contribution in [0.3, 0.4) is 0 Å². The van der Waals surface area contributed by atoms with Crippen LogP contribution >= 0.6 is 0 Å². The van der Waals surface area contributed by atoms with Gasteiger partial charge in [0.1, 0.15) is 0 Å². The SMILES string of the molecule is CC(=O)/C(C)=C/C=C(\C)C(C)=O. The summed E-state index contributed by atoms with van der Waals surface area (Å²) < 4.78 is 0. The molecule has 0 aromatic heterocycles. The maximum atomic E-state index is 10.7. The number of carbonyl (C=O) groups excluding carboxylic acids is 2. The van der Waals surface area contributed by atoms with E-state index in [1.807, 2.05) is 0 Å². The molecule has 0 radical (unpaired) electrons. The van der Waals surface area contributed by atoms with E-state index in [2.05, 4.69) is 0 Å². The summed E-state index contributed by atoms with van der Waals surface area (Å²) in [6.45, 7) is 6.46. The second-order valence-electron chi connectivity index (χ2n) is 2.81. The van der Waals surface area contributed by atoms with Crippen LogP contribution in [0.2, 0.25) is 0 Å². The Kier molecular flexibility index (Phi) is 4.19. The summed E-state index contributed by atoms with van der Waals surface area (Å²) >= 11 is 0. The Morgan fingerprint density at radius 1 is 0.750 bits per heavy atom. The number of rotatable bonds is 3. The maximum absolute atomic E-state index is 10.7. The van der Waals surface area contributed by atoms with Gasteiger partial charge in [0.15, 0.2) is 11.6 Å². The average molecular weight is 166 g/mol. The van der Waals surface area contributed by atoms with Gasteiger partial charge < -0.3 is 0 Å². The van der Waals surface area contributed by atoms with Gasteiger partial charge in [-0.2, -0.15) is 0 Å². The van der Waals surface area contributed by atoms with E-state index in [1.165, 1.54) is 13.8 Å². The van der Waals surface area contributed by atoms with Gasteiger partial charge in [-0.1, -0.05) is 12.2 Å². The van der Waals surface area contributed by atoms with E-state index in [9.17, 15) is 9.59 Å². The van der Waals surface area contributed by atoms with Crippen LogP contribution in [-0.4, -0.2) is 11.6 Å². The summed E-state index contributed by atoms with van der Waals surface area (Å²) in [4.78, 5) is 21.5. The molecule has 2 nitrogen and oxygen atoms in total. The van der Waals surface area contributed by atoms with Crippen LogP contribution in [0.5, 0.6) is 0 Å². The molecule has 12 heavy (non-hydrogen) atoms. The Morgan fingerprint density at radius 3 is 1.17 bits per heavy atom. The highest BCUT2D eigenvalue weighted by Gasteiger charge is 1.95. The van der Waals surface area contributed by atoms with Crippen molar-refractivity contribution in [2.24, 2.45) is 0 Å². The molecule has 66 valence electrons. The lowest BCUT2D eigenvalue weighted by Crippen LogP contribution is -1.92. The average Bonchev–Trinajstić information content (AvgIpc) is 1.98. The fourth-order valence-electron chi connectivity index (χ4n) is 0.485. The molecule has 0 saturated carbocycles. The summed E-state index contributed by atoms with van der Waals surface area (Å²) in [7, 11) is 0. The Labute approximate surface area is 73.0 Å². The predicted molar refractivity (Wildman–Crippen MR) is 48.9 cm³/mol. The van der Waals surface area contributed by atoms with E-state index in [4.69, 9.17) is 0 Å². The van der Waals surface area contributed by atoms with Gasteiger partial charge in [-0.05, 0) is 38.8 Å². The van der Waals surface area contributed by atoms with Crippen molar-refractivity contribution in [1.29, 1.82) is 0 Å². The van der Waals surface area contributed by atoms with Crippen molar-refractivity contribution in [2.75, 3.05) is 0 Å². The van der Waals surface area contributed by atoms with Gasteiger partial charge in [-0.3, -0.25) is 9.59 Å². The normalized spacial score (nSPS) is 13.0. The molecule has 0 aliphatic rings. The van der Waals surface area contributed by atoms with Crippen molar-refractivity contribution in [3.05, 3.63) is 23.3 Å². The van der Waals surface area contributed by atoms with Gasteiger partial charge in [-0.15, -0.1) is 0 Å². The standard InChI is InChI=1S/C10H14O2/c1-7(9(3)11)5-6-8(2)10(4)12/h5-6H,1-4H3/b7-5+,8-6+. The van der Waals surface area contributed by atoms with Crippen LogP contribution in [-0.2, 0) is 9.59 Å². The van der Waals surface area contributed by atoms with Gasteiger partial charge >= 0.3 is 0 Å². The zero-order chi connectivity index (χ0) is 9.72. The second-order valence-corrected chi connectivity index (χ2v) is 2.81. The molecule has 0 unspecified atom stereocenters. The van der Waals surface area contributed by atoms with Crippen LogP contribution in [0.1, 0.15) is 27.7 Å². The first kappa shape index (κ1) is 10.8. The van der Waals surface area contributed by atoms with Crippen molar-refractivity contribution in [3.8, 4) is 0 Å². The van der Waals surface area contributed by atoms with Gasteiger partial charge in [0.2, 0.25) is 0 Å². The number of hydrogen-bond donors (Lipinski definition) is 0. The van der Waals surface area contributed by atoms with Crippen LogP contribution < -0.4 is 0 Å². The maximum Gasteiger partial charge on any atom is 0.155 e. The molecule has 0 saturated heterocycles. The third-order valence-corrected chi connectivity index (χ3v) is 1.69. The molecular weight excluding hydrogens is 152 g/mol. The summed E-state index contributed by atoms with van der Waals surface area (Å²) in [5.74, 6) is 0.0604. The molecule has 0 fully saturated rings. The Morgan fingerprint density at radius 2 is 1.00 bits per heavy atom. The number of allylic oxidation sites excluding steroid dienone is 4. The number of ketones is 2. The first-order valence-corrected chi connectivity index (χ1v) is 3.82. The lowest BCUT2D eigenvalue weighted by atomic mass is 10.1. The van der Waals surface area contributed by atoms with Crippen molar-refractivity contribution in [1.82, 2.24) is 0 Å². The fourth-order valence-corrected chi connectivity index (χ4v) is 0.485. The Hall–Kier alpha value is -1.18. The first-order chi connectivity index (χ1) is 5.45. The minimum absolute atomic E-state index is 0.0302. The monoisotopic (exact) mass is 166 g/mol. The number of hydrogen-bond acceptors (Lipinski definition) is 2. The zero-order valence-electron chi connectivity index (χ0n) is 7.97. The zero-order valence-corrected chi connectivity index (χ0v) is 7.97. The van der Waals surface area contributed by atoms with E-state index in [-0.39, 0.29) is 11.6 Å². The molecular formula is C10H14O2. The van der Waals surface area contributed by atoms with Crippen LogP contribution in [0, 0.1) is 0 Å². The second kappa shape index (κ2) is 4.65. The highest BCUT2D eigenvalue weighted by Crippen LogP contribution is 1.99. The van der Waals surface area contributed by atoms with Gasteiger partial charge in [0.25, 0.3) is 0 Å². The molecule has 0 aliphatic carbocycles. The predicted octanol–water partition coefficient (Wildman–Crippen LogP) is 2.06. The van der Waals surface area contributed by atoms with Crippen molar-refractivity contribution >= 4 is 11.6 Å². The molecule has 0 rings (SSSR count). The fraction of sp³-hybridized carbons (Fsp3) is 0.400. The third-order valence-electron chi connectivity index (χ3n) is 1.69. The molecule has 0 aromatic rings. The van der Waals surface area contributed by atoms with Gasteiger partial charge in [0, 0.05) is 0 Å². The largest absolute Gasteiger partial charge is 0.295 e. The summed E-state index contributed by atoms with van der Waals surface area (Å²) in [5.41, 5.74) is 1.33. The number of Topliss-reactive ketones (excluding diaryl/α,β-unsaturated/α-hetero) is 2. The van der Waals surface area contributed by atoms with Gasteiger partial charge in [-0.25, -0.2) is 0 Å². The van der Waals surface area contributed by atoms with E-state index >= 15 is 0 Å². The third kappa shape index (κ3) is 3.86. The molecule has 2 heteroatoms. The molecule has 0 aliphatic heterocycles. The summed E-state index contributed by atoms with van der Waals surface area (Å²) in [6, 6.07) is 0. The molecule has 0 atom stereocenters. The van der Waals surface area contributed by atoms with E-state index < -0.39 is 0 Å². The molecule has 0 spiro atoms. The molecule has 0 bridgehead atoms. The topological polar surface area (TPSA) is 34.1 Å². The Bertz CT molecular complexity index is 229. The highest BCUT2D eigenvalue weighted by atomic mass is 16.1. The van der Waals surface area contributed by atoms with Crippen LogP contribution in [0.4, 0.5) is 0 Å². The van der Waals surface area contributed by atoms with E-state index in [1.54, 1.807) is 26.0 Å². The van der Waals surface area contributed by atoms with Crippen LogP contribution in [0.15, 0.2) is 23.3 Å². The van der Waals surface area contributed by atoms with E-state index in [0.29, 0.717) is 11.1 Å². The quantitative estimate of drug-likeness (QED) is 0.475. The lowest BCUT2D eigenvalue weighted by Gasteiger charge is -1.92. The lowest BCUT2D eigenvalue weighted by molar-refractivity contribution is -0.114. The summed E-state index contributed by atoms with van der Waals surface area (Å²) in [5, 5.41) is 0. The van der Waals surface area contributed by atoms with E-state index in [0.717, 1.165) is 0 Å². The van der Waals surface area contributed by atoms with Crippen LogP contribution in [0.25, 0.3) is 0 Å². The minimum atomic E-state index is 0.0302. The molecule has 0 N–H and O–H groups in total. The Balaban J connectivity index is 4.48. The van der Waals surface area contributed by atoms with Crippen molar-refractivity contribution in [3.63, 3.8) is 0 Å². The molecule has 0 heterocycles. The van der Waals surface area contributed by atoms with Gasteiger partial charge in [0.05, 0.1) is 0 Å². The van der Waals surface area contributed by atoms with Crippen molar-refractivity contribution < 1.29 is 9.59 Å². The molecule has 0 amide bonds. The summed E-state index contributed by atoms with van der Waals surface area (Å²) in [6.07, 6.45) is 3.33. The highest BCUT2D eigenvalue weighted by molar-refractivity contribution is 5.95. The first-order valence-electron chi connectivity index (χ1n) is 3.82.